The van der Waals surface area contributed by atoms with E-state index >= 15 is 0 Å². The molecule has 0 atom stereocenters. The van der Waals surface area contributed by atoms with E-state index < -0.39 is 5.91 Å². The molecule has 0 heterocycles. The smallest absolute Gasteiger partial charge is 0.271 e. The molecule has 1 amide bonds. The number of hydrogen-bond acceptors (Lipinski definition) is 3. The molecule has 108 valence electrons. The highest BCUT2D eigenvalue weighted by Gasteiger charge is 2.07. The average Bonchev–Trinajstić information content (AvgIpc) is 2.44. The first kappa shape index (κ1) is 15.4. The van der Waals surface area contributed by atoms with Crippen molar-refractivity contribution < 1.29 is 9.90 Å². The second-order valence-electron chi connectivity index (χ2n) is 4.31. The normalized spacial score (nSPS) is 11.3. The van der Waals surface area contributed by atoms with E-state index in [1.165, 1.54) is 12.1 Å². The zero-order chi connectivity index (χ0) is 15.4. The lowest BCUT2D eigenvalue weighted by molar-refractivity contribution is 0.0954. The molecule has 0 saturated heterocycles. The summed E-state index contributed by atoms with van der Waals surface area (Å²) in [4.78, 5) is 11.9. The number of nitrogens with zero attached hydrogens (tertiary/aromatic N) is 1. The van der Waals surface area contributed by atoms with Gasteiger partial charge >= 0.3 is 0 Å². The summed E-state index contributed by atoms with van der Waals surface area (Å²) < 4.78 is 0. The lowest BCUT2D eigenvalue weighted by Crippen LogP contribution is -2.19. The monoisotopic (exact) mass is 322 g/mol. The highest BCUT2D eigenvalue weighted by atomic mass is 35.5. The number of rotatable bonds is 3. The second-order valence-corrected chi connectivity index (χ2v) is 5.16. The number of carbonyl (C=O) groups excluding carboxylic acids is 1. The van der Waals surface area contributed by atoms with Gasteiger partial charge in [0.05, 0.1) is 10.7 Å². The van der Waals surface area contributed by atoms with E-state index in [1.807, 2.05) is 0 Å². The Labute approximate surface area is 132 Å². The van der Waals surface area contributed by atoms with Gasteiger partial charge in [0.25, 0.3) is 5.91 Å². The number of nitrogens with one attached hydrogen (secondary N) is 1. The Kier molecular flexibility index (Phi) is 4.83. The zero-order valence-corrected chi connectivity index (χ0v) is 12.6. The highest BCUT2D eigenvalue weighted by molar-refractivity contribution is 6.37. The Bertz CT molecular complexity index is 715. The molecule has 2 aromatic rings. The van der Waals surface area contributed by atoms with Crippen LogP contribution in [0.15, 0.2) is 47.6 Å². The minimum atomic E-state index is -0.421. The fraction of sp³-hybridized carbons (Fsp3) is 0.0667. The molecule has 0 aliphatic rings. The van der Waals surface area contributed by atoms with E-state index in [4.69, 9.17) is 23.2 Å². The van der Waals surface area contributed by atoms with E-state index in [1.54, 1.807) is 37.3 Å². The van der Waals surface area contributed by atoms with Crippen molar-refractivity contribution in [2.24, 2.45) is 5.10 Å². The van der Waals surface area contributed by atoms with Crippen LogP contribution >= 0.6 is 23.2 Å². The topological polar surface area (TPSA) is 61.7 Å². The molecule has 4 nitrogen and oxygen atoms in total. The summed E-state index contributed by atoms with van der Waals surface area (Å²) in [7, 11) is 0. The number of benzene rings is 2. The SMILES string of the molecule is C/C(=N\NC(=O)c1cccc(O)c1)c1ccc(Cl)cc1Cl. The standard InChI is InChI=1S/C15H12Cl2N2O2/c1-9(13-6-5-11(16)8-14(13)17)18-19-15(21)10-3-2-4-12(20)7-10/h2-8,20H,1H3,(H,19,21)/b18-9+. The molecular formula is C15H12Cl2N2O2. The van der Waals surface area contributed by atoms with Crippen molar-refractivity contribution in [2.75, 3.05) is 0 Å². The third kappa shape index (κ3) is 3.97. The lowest BCUT2D eigenvalue weighted by atomic mass is 10.1. The van der Waals surface area contributed by atoms with Crippen molar-refractivity contribution in [1.29, 1.82) is 0 Å². The molecule has 0 fully saturated rings. The van der Waals surface area contributed by atoms with Gasteiger partial charge < -0.3 is 5.11 Å². The molecule has 0 aliphatic heterocycles. The summed E-state index contributed by atoms with van der Waals surface area (Å²) in [6.07, 6.45) is 0. The number of hydrazone groups is 1. The molecular weight excluding hydrogens is 311 g/mol. The largest absolute Gasteiger partial charge is 0.508 e. The summed E-state index contributed by atoms with van der Waals surface area (Å²) in [5.74, 6) is -0.403. The van der Waals surface area contributed by atoms with Crippen molar-refractivity contribution in [2.45, 2.75) is 6.92 Å². The quantitative estimate of drug-likeness (QED) is 0.666. The van der Waals surface area contributed by atoms with Crippen LogP contribution < -0.4 is 5.43 Å². The number of amides is 1. The molecule has 2 N–H and O–H groups in total. The average molecular weight is 323 g/mol. The predicted molar refractivity (Wildman–Crippen MR) is 84.2 cm³/mol. The van der Waals surface area contributed by atoms with Gasteiger partial charge in [0.15, 0.2) is 0 Å². The first-order valence-corrected chi connectivity index (χ1v) is 6.82. The first-order valence-electron chi connectivity index (χ1n) is 6.06. The van der Waals surface area contributed by atoms with Crippen molar-refractivity contribution in [1.82, 2.24) is 5.43 Å². The van der Waals surface area contributed by atoms with Crippen LogP contribution in [0.2, 0.25) is 10.0 Å². The van der Waals surface area contributed by atoms with Gasteiger partial charge in [-0.05, 0) is 37.3 Å². The number of phenols is 1. The zero-order valence-electron chi connectivity index (χ0n) is 11.1. The van der Waals surface area contributed by atoms with Gasteiger partial charge in [-0.1, -0.05) is 35.3 Å². The van der Waals surface area contributed by atoms with Crippen molar-refractivity contribution in [3.05, 3.63) is 63.6 Å². The summed E-state index contributed by atoms with van der Waals surface area (Å²) in [5, 5.41) is 14.3. The Morgan fingerprint density at radius 1 is 1.19 bits per heavy atom. The Hall–Kier alpha value is -2.04. The molecule has 0 spiro atoms. The molecule has 0 bridgehead atoms. The minimum Gasteiger partial charge on any atom is -0.508 e. The number of halogens is 2. The minimum absolute atomic E-state index is 0.0177. The fourth-order valence-electron chi connectivity index (χ4n) is 1.69. The molecule has 0 saturated carbocycles. The van der Waals surface area contributed by atoms with E-state index in [9.17, 15) is 9.90 Å². The highest BCUT2D eigenvalue weighted by Crippen LogP contribution is 2.21. The number of aromatic hydroxyl groups is 1. The third-order valence-corrected chi connectivity index (χ3v) is 3.30. The second kappa shape index (κ2) is 6.61. The first-order chi connectivity index (χ1) is 9.97. The van der Waals surface area contributed by atoms with Crippen molar-refractivity contribution >= 4 is 34.8 Å². The molecule has 2 rings (SSSR count). The molecule has 6 heteroatoms. The summed E-state index contributed by atoms with van der Waals surface area (Å²) in [6, 6.07) is 11.0. The van der Waals surface area contributed by atoms with E-state index in [0.29, 0.717) is 26.9 Å². The van der Waals surface area contributed by atoms with Crippen LogP contribution in [0.1, 0.15) is 22.8 Å². The number of phenolic OH excluding ortho intramolecular Hbond substituents is 1. The molecule has 0 aromatic heterocycles. The maximum Gasteiger partial charge on any atom is 0.271 e. The van der Waals surface area contributed by atoms with Crippen LogP contribution in [-0.4, -0.2) is 16.7 Å². The van der Waals surface area contributed by atoms with Crippen LogP contribution in [0, 0.1) is 0 Å². The van der Waals surface area contributed by atoms with Crippen LogP contribution in [0.3, 0.4) is 0 Å². The molecule has 0 radical (unpaired) electrons. The van der Waals surface area contributed by atoms with E-state index in [-0.39, 0.29) is 5.75 Å². The summed E-state index contributed by atoms with van der Waals surface area (Å²) in [6.45, 7) is 1.72. The maximum atomic E-state index is 11.9. The van der Waals surface area contributed by atoms with Gasteiger partial charge in [0.1, 0.15) is 5.75 Å². The number of carbonyl (C=O) groups is 1. The predicted octanol–water partition coefficient (Wildman–Crippen LogP) is 3.85. The third-order valence-electron chi connectivity index (χ3n) is 2.75. The van der Waals surface area contributed by atoms with E-state index in [2.05, 4.69) is 10.5 Å². The van der Waals surface area contributed by atoms with Gasteiger partial charge in [-0.2, -0.15) is 5.10 Å². The van der Waals surface area contributed by atoms with Crippen LogP contribution in [0.25, 0.3) is 0 Å². The Morgan fingerprint density at radius 3 is 2.62 bits per heavy atom. The lowest BCUT2D eigenvalue weighted by Gasteiger charge is -2.05. The van der Waals surface area contributed by atoms with Gasteiger partial charge in [-0.25, -0.2) is 5.43 Å². The molecule has 0 unspecified atom stereocenters. The van der Waals surface area contributed by atoms with E-state index in [0.717, 1.165) is 0 Å². The van der Waals surface area contributed by atoms with Crippen LogP contribution in [0.5, 0.6) is 5.75 Å². The summed E-state index contributed by atoms with van der Waals surface area (Å²) >= 11 is 11.9. The molecule has 21 heavy (non-hydrogen) atoms. The summed E-state index contributed by atoms with van der Waals surface area (Å²) in [5.41, 5.74) is 3.95. The van der Waals surface area contributed by atoms with Gasteiger partial charge in [0.2, 0.25) is 0 Å². The number of hydrogen-bond donors (Lipinski definition) is 2. The van der Waals surface area contributed by atoms with Crippen molar-refractivity contribution in [3.8, 4) is 5.75 Å². The van der Waals surface area contributed by atoms with Gasteiger partial charge in [0, 0.05) is 16.1 Å². The molecule has 2 aromatic carbocycles. The van der Waals surface area contributed by atoms with Crippen LogP contribution in [-0.2, 0) is 0 Å². The van der Waals surface area contributed by atoms with Gasteiger partial charge in [-0.15, -0.1) is 0 Å². The Morgan fingerprint density at radius 2 is 1.95 bits per heavy atom. The maximum absolute atomic E-state index is 11.9. The molecule has 0 aliphatic carbocycles. The van der Waals surface area contributed by atoms with Crippen LogP contribution in [0.4, 0.5) is 0 Å². The Balaban J connectivity index is 2.15. The van der Waals surface area contributed by atoms with Gasteiger partial charge in [-0.3, -0.25) is 4.79 Å². The fourth-order valence-corrected chi connectivity index (χ4v) is 2.23. The van der Waals surface area contributed by atoms with Crippen molar-refractivity contribution in [3.63, 3.8) is 0 Å².